The monoisotopic (exact) mass is 149 g/mol. The number of hydrogen-bond donors (Lipinski definition) is 0. The van der Waals surface area contributed by atoms with Crippen molar-refractivity contribution in [3.05, 3.63) is 18.2 Å². The largest absolute Gasteiger partial charge is 0.315 e. The van der Waals surface area contributed by atoms with E-state index in [1.165, 1.54) is 17.7 Å². The van der Waals surface area contributed by atoms with Crippen LogP contribution in [0.2, 0.25) is 0 Å². The molecule has 0 saturated heterocycles. The van der Waals surface area contributed by atoms with Crippen molar-refractivity contribution >= 4 is 5.78 Å². The second-order valence-corrected chi connectivity index (χ2v) is 2.19. The Morgan fingerprint density at radius 1 is 1.91 bits per heavy atom. The van der Waals surface area contributed by atoms with Gasteiger partial charge in [-0.05, 0) is 6.92 Å². The predicted molar refractivity (Wildman–Crippen MR) is 37.6 cm³/mol. The van der Waals surface area contributed by atoms with Gasteiger partial charge in [-0.25, -0.2) is 4.98 Å². The third-order valence-electron chi connectivity index (χ3n) is 1.21. The summed E-state index contributed by atoms with van der Waals surface area (Å²) in [5, 5.41) is 8.48. The molecule has 0 spiro atoms. The number of ketones is 1. The van der Waals surface area contributed by atoms with Crippen LogP contribution < -0.4 is 0 Å². The van der Waals surface area contributed by atoms with E-state index >= 15 is 0 Å². The van der Waals surface area contributed by atoms with Crippen LogP contribution >= 0.6 is 0 Å². The molecule has 0 aliphatic heterocycles. The van der Waals surface area contributed by atoms with Crippen molar-refractivity contribution in [1.82, 2.24) is 9.55 Å². The zero-order chi connectivity index (χ0) is 8.27. The van der Waals surface area contributed by atoms with Crippen LogP contribution in [0.4, 0.5) is 0 Å². The molecular weight excluding hydrogens is 142 g/mol. The highest BCUT2D eigenvalue weighted by atomic mass is 16.1. The Morgan fingerprint density at radius 3 is 3.18 bits per heavy atom. The highest BCUT2D eigenvalue weighted by Crippen LogP contribution is 1.94. The maximum Gasteiger partial charge on any atom is 0.213 e. The summed E-state index contributed by atoms with van der Waals surface area (Å²) < 4.78 is 1.52. The van der Waals surface area contributed by atoms with Gasteiger partial charge in [0, 0.05) is 12.4 Å². The Balaban J connectivity index is 2.87. The Kier molecular flexibility index (Phi) is 2.02. The van der Waals surface area contributed by atoms with E-state index in [2.05, 4.69) is 4.98 Å². The van der Waals surface area contributed by atoms with Crippen LogP contribution in [0.25, 0.3) is 0 Å². The lowest BCUT2D eigenvalue weighted by Gasteiger charge is -1.96. The third-order valence-corrected chi connectivity index (χ3v) is 1.21. The standard InChI is InChI=1S/C7H7N3O/c1-6(11)5-10-3-2-9-7(10)4-8/h2-3H,5H2,1H3. The molecule has 56 valence electrons. The van der Waals surface area contributed by atoms with E-state index in [-0.39, 0.29) is 18.2 Å². The molecular formula is C7H7N3O. The highest BCUT2D eigenvalue weighted by molar-refractivity contribution is 5.75. The van der Waals surface area contributed by atoms with Gasteiger partial charge >= 0.3 is 0 Å². The van der Waals surface area contributed by atoms with Gasteiger partial charge in [-0.2, -0.15) is 5.26 Å². The Morgan fingerprint density at radius 2 is 2.64 bits per heavy atom. The van der Waals surface area contributed by atoms with Crippen molar-refractivity contribution in [2.75, 3.05) is 0 Å². The molecule has 0 N–H and O–H groups in total. The molecule has 4 nitrogen and oxygen atoms in total. The summed E-state index contributed by atoms with van der Waals surface area (Å²) in [6.07, 6.45) is 3.11. The van der Waals surface area contributed by atoms with Gasteiger partial charge in [-0.3, -0.25) is 4.79 Å². The lowest BCUT2D eigenvalue weighted by atomic mass is 10.4. The van der Waals surface area contributed by atoms with Crippen molar-refractivity contribution in [2.24, 2.45) is 0 Å². The molecule has 0 aliphatic carbocycles. The SMILES string of the molecule is CC(=O)Cn1ccnc1C#N. The zero-order valence-corrected chi connectivity index (χ0v) is 6.11. The summed E-state index contributed by atoms with van der Waals surface area (Å²) in [6, 6.07) is 1.88. The van der Waals surface area contributed by atoms with Gasteiger partial charge in [0.25, 0.3) is 0 Å². The van der Waals surface area contributed by atoms with Gasteiger partial charge in [0.05, 0.1) is 6.54 Å². The van der Waals surface area contributed by atoms with Crippen molar-refractivity contribution in [3.8, 4) is 6.07 Å². The van der Waals surface area contributed by atoms with Gasteiger partial charge < -0.3 is 4.57 Å². The molecule has 0 aliphatic rings. The van der Waals surface area contributed by atoms with E-state index in [9.17, 15) is 4.79 Å². The van der Waals surface area contributed by atoms with Crippen LogP contribution in [0.5, 0.6) is 0 Å². The number of Topliss-reactive ketones (excluding diaryl/α,β-unsaturated/α-hetero) is 1. The van der Waals surface area contributed by atoms with Crippen LogP contribution in [0.15, 0.2) is 12.4 Å². The number of carbonyl (C=O) groups is 1. The first-order chi connectivity index (χ1) is 5.24. The number of carbonyl (C=O) groups excluding carboxylic acids is 1. The third kappa shape index (κ3) is 1.64. The number of imidazole rings is 1. The number of hydrogen-bond acceptors (Lipinski definition) is 3. The first-order valence-corrected chi connectivity index (χ1v) is 3.14. The summed E-state index contributed by atoms with van der Waals surface area (Å²) >= 11 is 0. The van der Waals surface area contributed by atoms with Crippen molar-refractivity contribution in [1.29, 1.82) is 5.26 Å². The van der Waals surface area contributed by atoms with Crippen molar-refractivity contribution in [3.63, 3.8) is 0 Å². The molecule has 1 heterocycles. The normalized spacial score (nSPS) is 9.09. The Hall–Kier alpha value is -1.63. The minimum absolute atomic E-state index is 0.0134. The van der Waals surface area contributed by atoms with E-state index < -0.39 is 0 Å². The van der Waals surface area contributed by atoms with Gasteiger partial charge in [0.2, 0.25) is 5.82 Å². The van der Waals surface area contributed by atoms with E-state index in [1.807, 2.05) is 6.07 Å². The maximum absolute atomic E-state index is 10.6. The van der Waals surface area contributed by atoms with Crippen LogP contribution in [0, 0.1) is 11.3 Å². The van der Waals surface area contributed by atoms with E-state index in [0.717, 1.165) is 0 Å². The van der Waals surface area contributed by atoms with Gasteiger partial charge in [0.1, 0.15) is 11.9 Å². The molecule has 1 aromatic heterocycles. The van der Waals surface area contributed by atoms with Gasteiger partial charge in [-0.15, -0.1) is 0 Å². The molecule has 0 aromatic carbocycles. The first-order valence-electron chi connectivity index (χ1n) is 3.14. The summed E-state index contributed by atoms with van der Waals surface area (Å²) in [6.45, 7) is 1.70. The lowest BCUT2D eigenvalue weighted by Crippen LogP contribution is -2.06. The molecule has 11 heavy (non-hydrogen) atoms. The molecule has 0 unspecified atom stereocenters. The first kappa shape index (κ1) is 7.48. The van der Waals surface area contributed by atoms with Crippen LogP contribution in [-0.2, 0) is 11.3 Å². The molecule has 0 radical (unpaired) electrons. The van der Waals surface area contributed by atoms with Gasteiger partial charge in [-0.1, -0.05) is 0 Å². The number of rotatable bonds is 2. The average Bonchev–Trinajstić information content (AvgIpc) is 2.34. The molecule has 0 fully saturated rings. The van der Waals surface area contributed by atoms with Crippen LogP contribution in [-0.4, -0.2) is 15.3 Å². The second kappa shape index (κ2) is 2.97. The quantitative estimate of drug-likeness (QED) is 0.609. The molecule has 0 atom stereocenters. The van der Waals surface area contributed by atoms with Crippen molar-refractivity contribution in [2.45, 2.75) is 13.5 Å². The fraction of sp³-hybridized carbons (Fsp3) is 0.286. The summed E-state index contributed by atoms with van der Waals surface area (Å²) in [5.74, 6) is 0.291. The lowest BCUT2D eigenvalue weighted by molar-refractivity contribution is -0.117. The van der Waals surface area contributed by atoms with E-state index in [0.29, 0.717) is 0 Å². The minimum atomic E-state index is 0.0134. The van der Waals surface area contributed by atoms with E-state index in [1.54, 1.807) is 6.20 Å². The summed E-state index contributed by atoms with van der Waals surface area (Å²) in [4.78, 5) is 14.4. The molecule has 1 aromatic rings. The summed E-state index contributed by atoms with van der Waals surface area (Å²) in [7, 11) is 0. The minimum Gasteiger partial charge on any atom is -0.315 e. The smallest absolute Gasteiger partial charge is 0.213 e. The second-order valence-electron chi connectivity index (χ2n) is 2.19. The summed E-state index contributed by atoms with van der Waals surface area (Å²) in [5.41, 5.74) is 0. The van der Waals surface area contributed by atoms with Crippen LogP contribution in [0.1, 0.15) is 12.7 Å². The fourth-order valence-electron chi connectivity index (χ4n) is 0.790. The fourth-order valence-corrected chi connectivity index (χ4v) is 0.790. The average molecular weight is 149 g/mol. The zero-order valence-electron chi connectivity index (χ0n) is 6.11. The molecule has 0 saturated carbocycles. The van der Waals surface area contributed by atoms with E-state index in [4.69, 9.17) is 5.26 Å². The maximum atomic E-state index is 10.6. The van der Waals surface area contributed by atoms with Gasteiger partial charge in [0.15, 0.2) is 0 Å². The topological polar surface area (TPSA) is 58.7 Å². The van der Waals surface area contributed by atoms with Crippen molar-refractivity contribution < 1.29 is 4.79 Å². The Bertz CT molecular complexity index is 308. The number of nitrogens with zero attached hydrogens (tertiary/aromatic N) is 3. The Labute approximate surface area is 64.1 Å². The highest BCUT2D eigenvalue weighted by Gasteiger charge is 2.01. The molecule has 0 bridgehead atoms. The molecule has 0 amide bonds. The van der Waals surface area contributed by atoms with Crippen LogP contribution in [0.3, 0.4) is 0 Å². The predicted octanol–water partition coefficient (Wildman–Crippen LogP) is 0.344. The molecule has 4 heteroatoms. The number of nitriles is 1. The number of aromatic nitrogens is 2. The molecule has 1 rings (SSSR count).